The highest BCUT2D eigenvalue weighted by Gasteiger charge is 2.31. The van der Waals surface area contributed by atoms with E-state index in [1.807, 2.05) is 55.1 Å². The predicted molar refractivity (Wildman–Crippen MR) is 120 cm³/mol. The van der Waals surface area contributed by atoms with Gasteiger partial charge in [0.2, 0.25) is 11.8 Å². The molecule has 2 unspecified atom stereocenters. The van der Waals surface area contributed by atoms with E-state index < -0.39 is 6.04 Å². The molecule has 164 valence electrons. The molecule has 1 saturated heterocycles. The van der Waals surface area contributed by atoms with Crippen LogP contribution in [0.1, 0.15) is 29.0 Å². The van der Waals surface area contributed by atoms with Gasteiger partial charge < -0.3 is 20.4 Å². The third-order valence-electron chi connectivity index (χ3n) is 6.13. The number of nitrogens with one attached hydrogen (secondary N) is 2. The van der Waals surface area contributed by atoms with Crippen molar-refractivity contribution in [1.82, 2.24) is 9.80 Å². The van der Waals surface area contributed by atoms with E-state index in [0.29, 0.717) is 25.1 Å². The molecule has 2 aromatic carbocycles. The summed E-state index contributed by atoms with van der Waals surface area (Å²) in [5, 5.41) is 6.14. The molecule has 0 aromatic heterocycles. The van der Waals surface area contributed by atoms with Crippen molar-refractivity contribution in [1.29, 1.82) is 0 Å². The molecule has 0 spiro atoms. The maximum absolute atomic E-state index is 14.1. The Morgan fingerprint density at radius 3 is 2.81 bits per heavy atom. The lowest BCUT2D eigenvalue weighted by molar-refractivity contribution is -0.130. The summed E-state index contributed by atoms with van der Waals surface area (Å²) in [5.74, 6) is -0.0544. The molecule has 2 aliphatic heterocycles. The summed E-state index contributed by atoms with van der Waals surface area (Å²) >= 11 is 0. The van der Waals surface area contributed by atoms with Gasteiger partial charge in [0.05, 0.1) is 6.54 Å². The quantitative estimate of drug-likeness (QED) is 0.775. The number of amides is 2. The lowest BCUT2D eigenvalue weighted by Gasteiger charge is -2.19. The number of likely N-dealkylation sites (tertiary alicyclic amines) is 1. The van der Waals surface area contributed by atoms with Gasteiger partial charge in [-0.2, -0.15) is 0 Å². The fraction of sp³-hybridized carbons (Fsp3) is 0.417. The normalized spacial score (nSPS) is 20.0. The first-order chi connectivity index (χ1) is 14.8. The highest BCUT2D eigenvalue weighted by atomic mass is 19.1. The largest absolute Gasteiger partial charge is 0.373 e. The molecule has 0 bridgehead atoms. The van der Waals surface area contributed by atoms with Gasteiger partial charge in [0, 0.05) is 42.4 Å². The zero-order chi connectivity index (χ0) is 22.1. The number of hydrogen-bond donors (Lipinski definition) is 2. The van der Waals surface area contributed by atoms with Gasteiger partial charge in [-0.1, -0.05) is 18.2 Å². The molecule has 0 radical (unpaired) electrons. The highest BCUT2D eigenvalue weighted by molar-refractivity contribution is 5.98. The standard InChI is InChI=1S/C24H29FN4O2/c1-15-7-8-20(25)19-12-21(27-23(15)19)24(31)26-18-6-4-5-16(11-18)17-9-10-29(13-17)22(30)14-28(2)3/h4-8,11,17,21,27H,9-10,12-14H2,1-3H3,(H,26,31). The van der Waals surface area contributed by atoms with E-state index in [1.165, 1.54) is 6.07 Å². The Kier molecular flexibility index (Phi) is 5.96. The molecule has 2 heterocycles. The van der Waals surface area contributed by atoms with Crippen molar-refractivity contribution in [2.75, 3.05) is 44.4 Å². The van der Waals surface area contributed by atoms with Crippen LogP contribution < -0.4 is 10.6 Å². The molecule has 2 aromatic rings. The van der Waals surface area contributed by atoms with E-state index in [9.17, 15) is 14.0 Å². The van der Waals surface area contributed by atoms with Crippen LogP contribution in [0.15, 0.2) is 36.4 Å². The summed E-state index contributed by atoms with van der Waals surface area (Å²) in [6.07, 6.45) is 1.24. The average Bonchev–Trinajstić information content (AvgIpc) is 3.39. The number of benzene rings is 2. The third-order valence-corrected chi connectivity index (χ3v) is 6.13. The van der Waals surface area contributed by atoms with Crippen molar-refractivity contribution in [3.8, 4) is 0 Å². The Morgan fingerprint density at radius 2 is 2.06 bits per heavy atom. The summed E-state index contributed by atoms with van der Waals surface area (Å²) in [6.45, 7) is 3.77. The van der Waals surface area contributed by atoms with Gasteiger partial charge in [-0.3, -0.25) is 9.59 Å². The van der Waals surface area contributed by atoms with Crippen LogP contribution in [0, 0.1) is 12.7 Å². The molecule has 6 nitrogen and oxygen atoms in total. The second-order valence-electron chi connectivity index (χ2n) is 8.80. The highest BCUT2D eigenvalue weighted by Crippen LogP contribution is 2.32. The second kappa shape index (κ2) is 8.67. The van der Waals surface area contributed by atoms with Gasteiger partial charge in [0.25, 0.3) is 0 Å². The number of carbonyl (C=O) groups excluding carboxylic acids is 2. The smallest absolute Gasteiger partial charge is 0.247 e. The van der Waals surface area contributed by atoms with Gasteiger partial charge in [-0.25, -0.2) is 4.39 Å². The first kappa shape index (κ1) is 21.3. The van der Waals surface area contributed by atoms with E-state index in [1.54, 1.807) is 6.07 Å². The predicted octanol–water partition coefficient (Wildman–Crippen LogP) is 2.99. The van der Waals surface area contributed by atoms with Crippen LogP contribution >= 0.6 is 0 Å². The third kappa shape index (κ3) is 4.56. The first-order valence-electron chi connectivity index (χ1n) is 10.7. The molecule has 2 amide bonds. The van der Waals surface area contributed by atoms with Crippen molar-refractivity contribution in [3.63, 3.8) is 0 Å². The van der Waals surface area contributed by atoms with Crippen molar-refractivity contribution in [2.45, 2.75) is 31.7 Å². The molecule has 7 heteroatoms. The summed E-state index contributed by atoms with van der Waals surface area (Å²) in [7, 11) is 3.79. The lowest BCUT2D eigenvalue weighted by Crippen LogP contribution is -2.36. The van der Waals surface area contributed by atoms with E-state index in [4.69, 9.17) is 0 Å². The van der Waals surface area contributed by atoms with Crippen LogP contribution in [0.25, 0.3) is 0 Å². The SMILES string of the molecule is Cc1ccc(F)c2c1NC(C(=O)Nc1cccc(C3CCN(C(=O)CN(C)C)C3)c1)C2. The topological polar surface area (TPSA) is 64.7 Å². The number of anilines is 2. The Balaban J connectivity index is 1.39. The maximum Gasteiger partial charge on any atom is 0.247 e. The monoisotopic (exact) mass is 424 g/mol. The van der Waals surface area contributed by atoms with Crippen molar-refractivity contribution in [2.24, 2.45) is 0 Å². The zero-order valence-electron chi connectivity index (χ0n) is 18.2. The Hall–Kier alpha value is -2.93. The van der Waals surface area contributed by atoms with Crippen LogP contribution in [0.3, 0.4) is 0 Å². The van der Waals surface area contributed by atoms with Crippen molar-refractivity contribution >= 4 is 23.2 Å². The van der Waals surface area contributed by atoms with Crippen LogP contribution in [0.2, 0.25) is 0 Å². The molecule has 1 fully saturated rings. The number of halogens is 1. The van der Waals surface area contributed by atoms with Crippen molar-refractivity contribution < 1.29 is 14.0 Å². The fourth-order valence-electron chi connectivity index (χ4n) is 4.46. The van der Waals surface area contributed by atoms with Gasteiger partial charge >= 0.3 is 0 Å². The summed E-state index contributed by atoms with van der Waals surface area (Å²) in [6, 6.07) is 10.5. The number of likely N-dealkylation sites (N-methyl/N-ethyl adjacent to an activating group) is 1. The van der Waals surface area contributed by atoms with Gasteiger partial charge in [0.1, 0.15) is 11.9 Å². The maximum atomic E-state index is 14.1. The minimum Gasteiger partial charge on any atom is -0.373 e. The van der Waals surface area contributed by atoms with Gasteiger partial charge in [-0.15, -0.1) is 0 Å². The molecular weight excluding hydrogens is 395 g/mol. The van der Waals surface area contributed by atoms with Crippen LogP contribution in [-0.2, 0) is 16.0 Å². The van der Waals surface area contributed by atoms with Gasteiger partial charge in [0.15, 0.2) is 0 Å². The van der Waals surface area contributed by atoms with E-state index in [2.05, 4.69) is 10.6 Å². The summed E-state index contributed by atoms with van der Waals surface area (Å²) < 4.78 is 14.1. The minimum absolute atomic E-state index is 0.145. The number of rotatable bonds is 5. The lowest BCUT2D eigenvalue weighted by atomic mass is 9.98. The first-order valence-corrected chi connectivity index (χ1v) is 10.7. The summed E-state index contributed by atoms with van der Waals surface area (Å²) in [4.78, 5) is 28.9. The Labute approximate surface area is 182 Å². The number of aryl methyl sites for hydroxylation is 1. The number of hydrogen-bond acceptors (Lipinski definition) is 4. The Bertz CT molecular complexity index is 976. The van der Waals surface area contributed by atoms with E-state index in [-0.39, 0.29) is 23.5 Å². The number of carbonyl (C=O) groups is 2. The molecule has 0 saturated carbocycles. The molecule has 2 aliphatic rings. The molecular formula is C24H29FN4O2. The fourth-order valence-corrected chi connectivity index (χ4v) is 4.46. The molecule has 0 aliphatic carbocycles. The van der Waals surface area contributed by atoms with E-state index in [0.717, 1.165) is 35.5 Å². The van der Waals surface area contributed by atoms with Crippen LogP contribution in [0.5, 0.6) is 0 Å². The minimum atomic E-state index is -0.500. The Morgan fingerprint density at radius 1 is 1.26 bits per heavy atom. The summed E-state index contributed by atoms with van der Waals surface area (Å²) in [5.41, 5.74) is 4.06. The number of nitrogens with zero attached hydrogens (tertiary/aromatic N) is 2. The molecule has 31 heavy (non-hydrogen) atoms. The average molecular weight is 425 g/mol. The zero-order valence-corrected chi connectivity index (χ0v) is 18.2. The molecule has 4 rings (SSSR count). The molecule has 2 atom stereocenters. The number of fused-ring (bicyclic) bond motifs is 1. The van der Waals surface area contributed by atoms with Crippen LogP contribution in [-0.4, -0.2) is 61.4 Å². The van der Waals surface area contributed by atoms with Gasteiger partial charge in [-0.05, 0) is 56.8 Å². The van der Waals surface area contributed by atoms with Crippen molar-refractivity contribution in [3.05, 3.63) is 58.9 Å². The molecule has 2 N–H and O–H groups in total. The second-order valence-corrected chi connectivity index (χ2v) is 8.80. The van der Waals surface area contributed by atoms with E-state index >= 15 is 0 Å². The van der Waals surface area contributed by atoms with Crippen LogP contribution in [0.4, 0.5) is 15.8 Å².